The van der Waals surface area contributed by atoms with Gasteiger partial charge in [0, 0.05) is 9.50 Å². The minimum absolute atomic E-state index is 0.0486. The van der Waals surface area contributed by atoms with Crippen LogP contribution in [0.1, 0.15) is 5.56 Å². The summed E-state index contributed by atoms with van der Waals surface area (Å²) in [5.74, 6) is -0.916. The summed E-state index contributed by atoms with van der Waals surface area (Å²) in [4.78, 5) is 10.6. The molecule has 0 saturated carbocycles. The normalized spacial score (nSPS) is 12.1. The molecule has 1 aromatic rings. The van der Waals surface area contributed by atoms with Crippen molar-refractivity contribution in [2.75, 3.05) is 0 Å². The van der Waals surface area contributed by atoms with E-state index in [1.54, 1.807) is 0 Å². The van der Waals surface area contributed by atoms with Crippen LogP contribution in [0.4, 0.5) is 0 Å². The van der Waals surface area contributed by atoms with Crippen LogP contribution in [0.15, 0.2) is 42.5 Å². The van der Waals surface area contributed by atoms with Crippen LogP contribution >= 0.6 is 22.6 Å². The molecule has 2 nitrogen and oxygen atoms in total. The molecule has 0 aliphatic heterocycles. The van der Waals surface area contributed by atoms with Gasteiger partial charge in [0.1, 0.15) is 0 Å². The lowest BCUT2D eigenvalue weighted by Gasteiger charge is -2.09. The number of rotatable bonds is 4. The summed E-state index contributed by atoms with van der Waals surface area (Å²) in [6.07, 6.45) is 0.715. The molecular formula is C11H11IO2. The second-order valence-electron chi connectivity index (χ2n) is 2.99. The molecule has 0 spiro atoms. The zero-order valence-corrected chi connectivity index (χ0v) is 9.77. The lowest BCUT2D eigenvalue weighted by molar-refractivity contribution is -0.132. The third kappa shape index (κ3) is 3.14. The zero-order chi connectivity index (χ0) is 10.6. The molecule has 0 bridgehead atoms. The molecule has 0 fully saturated rings. The minimum Gasteiger partial charge on any atom is -0.478 e. The maximum atomic E-state index is 10.6. The van der Waals surface area contributed by atoms with Gasteiger partial charge in [0.05, 0.1) is 0 Å². The van der Waals surface area contributed by atoms with Crippen LogP contribution in [0.2, 0.25) is 0 Å². The predicted molar refractivity (Wildman–Crippen MR) is 64.7 cm³/mol. The number of benzene rings is 1. The van der Waals surface area contributed by atoms with E-state index < -0.39 is 5.97 Å². The van der Waals surface area contributed by atoms with Gasteiger partial charge in [0.25, 0.3) is 0 Å². The van der Waals surface area contributed by atoms with Crippen molar-refractivity contribution in [1.82, 2.24) is 0 Å². The summed E-state index contributed by atoms with van der Waals surface area (Å²) in [6.45, 7) is 3.54. The van der Waals surface area contributed by atoms with Crippen LogP contribution < -0.4 is 0 Å². The van der Waals surface area contributed by atoms with E-state index in [1.165, 1.54) is 0 Å². The molecule has 0 aliphatic carbocycles. The van der Waals surface area contributed by atoms with Crippen molar-refractivity contribution < 1.29 is 9.90 Å². The van der Waals surface area contributed by atoms with Crippen molar-refractivity contribution in [2.24, 2.45) is 0 Å². The first-order valence-electron chi connectivity index (χ1n) is 4.21. The van der Waals surface area contributed by atoms with Gasteiger partial charge in [0.15, 0.2) is 0 Å². The van der Waals surface area contributed by atoms with Crippen molar-refractivity contribution in [3.8, 4) is 0 Å². The summed E-state index contributed by atoms with van der Waals surface area (Å²) >= 11 is 2.11. The Morgan fingerprint density at radius 1 is 1.43 bits per heavy atom. The average Bonchev–Trinajstić information content (AvgIpc) is 2.18. The second-order valence-corrected chi connectivity index (χ2v) is 4.49. The monoisotopic (exact) mass is 302 g/mol. The molecule has 0 heterocycles. The SMILES string of the molecule is C=C(C(=O)O)C(I)Cc1ccccc1. The Morgan fingerprint density at radius 2 is 2.00 bits per heavy atom. The van der Waals surface area contributed by atoms with Gasteiger partial charge in [-0.15, -0.1) is 0 Å². The van der Waals surface area contributed by atoms with Crippen LogP contribution in [-0.2, 0) is 11.2 Å². The largest absolute Gasteiger partial charge is 0.478 e. The summed E-state index contributed by atoms with van der Waals surface area (Å²) in [7, 11) is 0. The number of aliphatic carboxylic acids is 1. The quantitative estimate of drug-likeness (QED) is 0.527. The van der Waals surface area contributed by atoms with Crippen LogP contribution in [0.5, 0.6) is 0 Å². The van der Waals surface area contributed by atoms with E-state index in [9.17, 15) is 4.79 Å². The van der Waals surface area contributed by atoms with E-state index in [2.05, 4.69) is 29.2 Å². The maximum Gasteiger partial charge on any atom is 0.332 e. The van der Waals surface area contributed by atoms with E-state index in [1.807, 2.05) is 30.3 Å². The third-order valence-electron chi connectivity index (χ3n) is 1.91. The number of hydrogen-bond donors (Lipinski definition) is 1. The van der Waals surface area contributed by atoms with E-state index in [0.29, 0.717) is 6.42 Å². The summed E-state index contributed by atoms with van der Waals surface area (Å²) in [5.41, 5.74) is 1.39. The highest BCUT2D eigenvalue weighted by Gasteiger charge is 2.15. The number of halogens is 1. The predicted octanol–water partition coefficient (Wildman–Crippen LogP) is 2.67. The fourth-order valence-corrected chi connectivity index (χ4v) is 1.85. The standard InChI is InChI=1S/C11H11IO2/c1-8(11(13)14)10(12)7-9-5-3-2-4-6-9/h2-6,10H,1,7H2,(H,13,14). The molecule has 74 valence electrons. The molecule has 0 aliphatic rings. The molecule has 0 saturated heterocycles. The Labute approximate surface area is 96.8 Å². The van der Waals surface area contributed by atoms with Crippen LogP contribution in [0.3, 0.4) is 0 Å². The number of hydrogen-bond acceptors (Lipinski definition) is 1. The second kappa shape index (κ2) is 5.14. The van der Waals surface area contributed by atoms with Crippen LogP contribution in [0.25, 0.3) is 0 Å². The molecule has 0 amide bonds. The first-order valence-corrected chi connectivity index (χ1v) is 5.46. The molecule has 1 rings (SSSR count). The summed E-state index contributed by atoms with van der Waals surface area (Å²) < 4.78 is -0.0486. The van der Waals surface area contributed by atoms with Gasteiger partial charge in [-0.2, -0.15) is 0 Å². The zero-order valence-electron chi connectivity index (χ0n) is 7.61. The lowest BCUT2D eigenvalue weighted by atomic mass is 10.1. The molecular weight excluding hydrogens is 291 g/mol. The highest BCUT2D eigenvalue weighted by atomic mass is 127. The van der Waals surface area contributed by atoms with Gasteiger partial charge < -0.3 is 5.11 Å². The molecule has 0 radical (unpaired) electrons. The Hall–Kier alpha value is -0.840. The molecule has 1 aromatic carbocycles. The molecule has 1 N–H and O–H groups in total. The number of carbonyl (C=O) groups is 1. The van der Waals surface area contributed by atoms with Crippen molar-refractivity contribution >= 4 is 28.6 Å². The first kappa shape index (κ1) is 11.2. The smallest absolute Gasteiger partial charge is 0.332 e. The Balaban J connectivity index is 2.62. The highest BCUT2D eigenvalue weighted by molar-refractivity contribution is 14.1. The molecule has 1 unspecified atom stereocenters. The van der Waals surface area contributed by atoms with E-state index in [4.69, 9.17) is 5.11 Å². The number of carboxylic acids is 1. The van der Waals surface area contributed by atoms with Gasteiger partial charge in [-0.1, -0.05) is 59.5 Å². The Kier molecular flexibility index (Phi) is 4.13. The van der Waals surface area contributed by atoms with Gasteiger partial charge in [-0.3, -0.25) is 0 Å². The summed E-state index contributed by atoms with van der Waals surface area (Å²) in [5, 5.41) is 8.73. The lowest BCUT2D eigenvalue weighted by Crippen LogP contribution is -2.13. The number of carboxylic acid groups (broad SMARTS) is 1. The van der Waals surface area contributed by atoms with Crippen molar-refractivity contribution in [3.05, 3.63) is 48.0 Å². The number of alkyl halides is 1. The molecule has 1 atom stereocenters. The Morgan fingerprint density at radius 3 is 2.50 bits per heavy atom. The fourth-order valence-electron chi connectivity index (χ4n) is 1.08. The fraction of sp³-hybridized carbons (Fsp3) is 0.182. The maximum absolute atomic E-state index is 10.6. The molecule has 3 heteroatoms. The van der Waals surface area contributed by atoms with Gasteiger partial charge in [-0.25, -0.2) is 4.79 Å². The first-order chi connectivity index (χ1) is 6.61. The highest BCUT2D eigenvalue weighted by Crippen LogP contribution is 2.17. The van der Waals surface area contributed by atoms with Gasteiger partial charge in [-0.05, 0) is 12.0 Å². The summed E-state index contributed by atoms with van der Waals surface area (Å²) in [6, 6.07) is 9.81. The minimum atomic E-state index is -0.916. The average molecular weight is 302 g/mol. The van der Waals surface area contributed by atoms with E-state index in [0.717, 1.165) is 5.56 Å². The van der Waals surface area contributed by atoms with E-state index in [-0.39, 0.29) is 9.50 Å². The van der Waals surface area contributed by atoms with Crippen LogP contribution in [0, 0.1) is 0 Å². The van der Waals surface area contributed by atoms with Gasteiger partial charge in [0.2, 0.25) is 0 Å². The van der Waals surface area contributed by atoms with Crippen molar-refractivity contribution in [3.63, 3.8) is 0 Å². The topological polar surface area (TPSA) is 37.3 Å². The Bertz CT molecular complexity index is 332. The molecule has 0 aromatic heterocycles. The third-order valence-corrected chi connectivity index (χ3v) is 3.10. The van der Waals surface area contributed by atoms with Gasteiger partial charge >= 0.3 is 5.97 Å². The molecule has 14 heavy (non-hydrogen) atoms. The van der Waals surface area contributed by atoms with Crippen molar-refractivity contribution in [2.45, 2.75) is 10.3 Å². The van der Waals surface area contributed by atoms with Crippen LogP contribution in [-0.4, -0.2) is 15.0 Å². The van der Waals surface area contributed by atoms with E-state index >= 15 is 0 Å². The van der Waals surface area contributed by atoms with Crippen molar-refractivity contribution in [1.29, 1.82) is 0 Å².